The zero-order chi connectivity index (χ0) is 11.7. The molecule has 0 fully saturated rings. The molecule has 2 heteroatoms. The molecule has 0 unspecified atom stereocenters. The molecule has 1 N–H and O–H groups in total. The monoisotopic (exact) mass is 223 g/mol. The topological polar surface area (TPSA) is 29.1 Å². The maximum absolute atomic E-state index is 11.1. The van der Waals surface area contributed by atoms with Gasteiger partial charge in [-0.1, -0.05) is 42.5 Å². The average molecular weight is 223 g/mol. The molecule has 2 aromatic carbocycles. The van der Waals surface area contributed by atoms with E-state index in [1.165, 1.54) is 16.7 Å². The van der Waals surface area contributed by atoms with Crippen LogP contribution in [0.15, 0.2) is 42.5 Å². The van der Waals surface area contributed by atoms with Crippen LogP contribution < -0.4 is 5.32 Å². The third kappa shape index (κ3) is 1.67. The van der Waals surface area contributed by atoms with Crippen LogP contribution in [-0.2, 0) is 13.1 Å². The number of hydrogen-bond acceptors (Lipinski definition) is 2. The van der Waals surface area contributed by atoms with Crippen LogP contribution >= 0.6 is 0 Å². The first kappa shape index (κ1) is 10.2. The second kappa shape index (κ2) is 4.15. The molecule has 3 rings (SSSR count). The molecule has 0 amide bonds. The average Bonchev–Trinajstić information content (AvgIpc) is 2.86. The first-order valence-corrected chi connectivity index (χ1v) is 5.76. The summed E-state index contributed by atoms with van der Waals surface area (Å²) in [5.41, 5.74) is 5.62. The Morgan fingerprint density at radius 3 is 2.65 bits per heavy atom. The van der Waals surface area contributed by atoms with E-state index in [1.54, 1.807) is 0 Å². The number of nitrogens with one attached hydrogen (secondary N) is 1. The van der Waals surface area contributed by atoms with Gasteiger partial charge >= 0.3 is 0 Å². The molecular weight excluding hydrogens is 210 g/mol. The molecule has 0 aromatic heterocycles. The zero-order valence-corrected chi connectivity index (χ0v) is 9.44. The summed E-state index contributed by atoms with van der Waals surface area (Å²) < 4.78 is 0. The predicted molar refractivity (Wildman–Crippen MR) is 67.8 cm³/mol. The maximum Gasteiger partial charge on any atom is 0.150 e. The lowest BCUT2D eigenvalue weighted by molar-refractivity contribution is 0.112. The number of benzene rings is 2. The van der Waals surface area contributed by atoms with E-state index in [9.17, 15) is 4.79 Å². The number of carbonyl (C=O) groups excluding carboxylic acids is 1. The fourth-order valence-electron chi connectivity index (χ4n) is 2.43. The molecule has 17 heavy (non-hydrogen) atoms. The molecule has 0 atom stereocenters. The number of fused-ring (bicyclic) bond motifs is 1. The molecule has 2 aromatic rings. The van der Waals surface area contributed by atoms with Crippen LogP contribution in [-0.4, -0.2) is 6.29 Å². The van der Waals surface area contributed by atoms with Crippen molar-refractivity contribution in [2.45, 2.75) is 13.1 Å². The highest BCUT2D eigenvalue weighted by Gasteiger charge is 2.15. The van der Waals surface area contributed by atoms with Gasteiger partial charge in [0.05, 0.1) is 0 Å². The highest BCUT2D eigenvalue weighted by atomic mass is 16.1. The van der Waals surface area contributed by atoms with Crippen molar-refractivity contribution in [1.82, 2.24) is 5.32 Å². The van der Waals surface area contributed by atoms with Crippen molar-refractivity contribution in [3.63, 3.8) is 0 Å². The molecule has 2 nitrogen and oxygen atoms in total. The second-order valence-corrected chi connectivity index (χ2v) is 4.25. The minimum atomic E-state index is 0.757. The van der Waals surface area contributed by atoms with Gasteiger partial charge in [-0.15, -0.1) is 0 Å². The van der Waals surface area contributed by atoms with E-state index in [1.807, 2.05) is 24.3 Å². The molecule has 0 bridgehead atoms. The van der Waals surface area contributed by atoms with Crippen LogP contribution in [0.5, 0.6) is 0 Å². The Morgan fingerprint density at radius 2 is 1.76 bits per heavy atom. The summed E-state index contributed by atoms with van der Waals surface area (Å²) in [4.78, 5) is 11.1. The van der Waals surface area contributed by atoms with Crippen LogP contribution in [0.25, 0.3) is 11.1 Å². The second-order valence-electron chi connectivity index (χ2n) is 4.25. The molecule has 1 aliphatic rings. The van der Waals surface area contributed by atoms with Crippen molar-refractivity contribution in [2.24, 2.45) is 0 Å². The lowest BCUT2D eigenvalue weighted by Crippen LogP contribution is -2.00. The standard InChI is InChI=1S/C15H13NO/c17-10-12-4-1-2-6-13(12)14-7-3-5-11-8-16-9-15(11)14/h1-7,10,16H,8-9H2. The van der Waals surface area contributed by atoms with E-state index in [2.05, 4.69) is 23.5 Å². The Balaban J connectivity index is 2.22. The lowest BCUT2D eigenvalue weighted by Gasteiger charge is -2.09. The minimum Gasteiger partial charge on any atom is -0.309 e. The highest BCUT2D eigenvalue weighted by Crippen LogP contribution is 2.30. The van der Waals surface area contributed by atoms with Crippen molar-refractivity contribution >= 4 is 6.29 Å². The van der Waals surface area contributed by atoms with Crippen LogP contribution in [0.3, 0.4) is 0 Å². The minimum absolute atomic E-state index is 0.757. The van der Waals surface area contributed by atoms with E-state index in [0.717, 1.165) is 30.5 Å². The lowest BCUT2D eigenvalue weighted by atomic mass is 9.94. The zero-order valence-electron chi connectivity index (χ0n) is 9.44. The largest absolute Gasteiger partial charge is 0.309 e. The Kier molecular flexibility index (Phi) is 2.50. The van der Waals surface area contributed by atoms with Gasteiger partial charge in [-0.25, -0.2) is 0 Å². The van der Waals surface area contributed by atoms with Crippen molar-refractivity contribution in [3.05, 3.63) is 59.2 Å². The molecular formula is C15H13NO. The Bertz CT molecular complexity index is 575. The molecule has 84 valence electrons. The smallest absolute Gasteiger partial charge is 0.150 e. The van der Waals surface area contributed by atoms with E-state index in [0.29, 0.717) is 0 Å². The van der Waals surface area contributed by atoms with Crippen molar-refractivity contribution in [3.8, 4) is 11.1 Å². The molecule has 0 spiro atoms. The van der Waals surface area contributed by atoms with Gasteiger partial charge < -0.3 is 5.32 Å². The third-order valence-corrected chi connectivity index (χ3v) is 3.27. The SMILES string of the molecule is O=Cc1ccccc1-c1cccc2c1CNC2. The normalized spacial score (nSPS) is 13.4. The molecule has 1 aliphatic heterocycles. The van der Waals surface area contributed by atoms with E-state index in [-0.39, 0.29) is 0 Å². The summed E-state index contributed by atoms with van der Waals surface area (Å²) in [6.45, 7) is 1.81. The number of hydrogen-bond donors (Lipinski definition) is 1. The number of rotatable bonds is 2. The van der Waals surface area contributed by atoms with E-state index >= 15 is 0 Å². The van der Waals surface area contributed by atoms with Crippen molar-refractivity contribution in [2.75, 3.05) is 0 Å². The predicted octanol–water partition coefficient (Wildman–Crippen LogP) is 2.77. The van der Waals surface area contributed by atoms with Gasteiger partial charge in [0, 0.05) is 18.7 Å². The Labute approximate surface area is 100 Å². The van der Waals surface area contributed by atoms with Gasteiger partial charge in [0.2, 0.25) is 0 Å². The van der Waals surface area contributed by atoms with Crippen LogP contribution in [0, 0.1) is 0 Å². The number of carbonyl (C=O) groups is 1. The first-order chi connectivity index (χ1) is 8.40. The summed E-state index contributed by atoms with van der Waals surface area (Å²) in [6, 6.07) is 14.0. The van der Waals surface area contributed by atoms with Gasteiger partial charge in [-0.3, -0.25) is 4.79 Å². The van der Waals surface area contributed by atoms with Gasteiger partial charge in [-0.05, 0) is 22.3 Å². The van der Waals surface area contributed by atoms with Gasteiger partial charge in [0.15, 0.2) is 6.29 Å². The van der Waals surface area contributed by atoms with Crippen LogP contribution in [0.2, 0.25) is 0 Å². The third-order valence-electron chi connectivity index (χ3n) is 3.27. The fraction of sp³-hybridized carbons (Fsp3) is 0.133. The van der Waals surface area contributed by atoms with E-state index in [4.69, 9.17) is 0 Å². The maximum atomic E-state index is 11.1. The summed E-state index contributed by atoms with van der Waals surface area (Å²) in [6.07, 6.45) is 0.928. The molecule has 0 aliphatic carbocycles. The Morgan fingerprint density at radius 1 is 0.941 bits per heavy atom. The quantitative estimate of drug-likeness (QED) is 0.793. The van der Waals surface area contributed by atoms with E-state index < -0.39 is 0 Å². The van der Waals surface area contributed by atoms with Crippen molar-refractivity contribution in [1.29, 1.82) is 0 Å². The van der Waals surface area contributed by atoms with Gasteiger partial charge in [0.25, 0.3) is 0 Å². The van der Waals surface area contributed by atoms with Crippen LogP contribution in [0.1, 0.15) is 21.5 Å². The summed E-state index contributed by atoms with van der Waals surface area (Å²) >= 11 is 0. The first-order valence-electron chi connectivity index (χ1n) is 5.76. The summed E-state index contributed by atoms with van der Waals surface area (Å²) in [5, 5.41) is 3.35. The molecule has 1 heterocycles. The van der Waals surface area contributed by atoms with Gasteiger partial charge in [-0.2, -0.15) is 0 Å². The fourth-order valence-corrected chi connectivity index (χ4v) is 2.43. The summed E-state index contributed by atoms with van der Waals surface area (Å²) in [7, 11) is 0. The molecule has 0 radical (unpaired) electrons. The van der Waals surface area contributed by atoms with Crippen molar-refractivity contribution < 1.29 is 4.79 Å². The highest BCUT2D eigenvalue weighted by molar-refractivity contribution is 5.88. The van der Waals surface area contributed by atoms with Gasteiger partial charge in [0.1, 0.15) is 0 Å². The molecule has 0 saturated carbocycles. The Hall–Kier alpha value is -1.93. The summed E-state index contributed by atoms with van der Waals surface area (Å²) in [5.74, 6) is 0. The number of aldehydes is 1. The van der Waals surface area contributed by atoms with Crippen LogP contribution in [0.4, 0.5) is 0 Å². The molecule has 0 saturated heterocycles.